The molecular formula is C63H104N20O17S3. The van der Waals surface area contributed by atoms with Crippen LogP contribution in [0.4, 0.5) is 0 Å². The maximum absolute atomic E-state index is 14.8. The molecule has 2 aromatic rings. The summed E-state index contributed by atoms with van der Waals surface area (Å²) in [4.78, 5) is 192. The molecule has 12 amide bonds. The quantitative estimate of drug-likeness (QED) is 0.0127. The maximum atomic E-state index is 14.8. The number of fused-ring (bicyclic) bond motifs is 1. The molecule has 26 N–H and O–H groups in total. The van der Waals surface area contributed by atoms with E-state index in [-0.39, 0.29) is 108 Å². The van der Waals surface area contributed by atoms with Crippen molar-refractivity contribution in [3.63, 3.8) is 0 Å². The Hall–Kier alpha value is -8.70. The molecule has 1 aromatic heterocycles. The smallest absolute Gasteiger partial charge is 0.328 e. The highest BCUT2D eigenvalue weighted by Crippen LogP contribution is 2.22. The van der Waals surface area contributed by atoms with Crippen LogP contribution in [0.1, 0.15) is 97.0 Å². The number of amides is 12. The van der Waals surface area contributed by atoms with Crippen LogP contribution in [0.2, 0.25) is 0 Å². The average Bonchev–Trinajstić information content (AvgIpc) is 1.73. The number of para-hydroxylation sites is 1. The monoisotopic (exact) mass is 1510 g/mol. The maximum Gasteiger partial charge on any atom is 0.328 e. The number of hydrogen-bond donors (Lipinski definition) is 22. The molecule has 0 radical (unpaired) electrons. The van der Waals surface area contributed by atoms with Gasteiger partial charge in [0, 0.05) is 55.8 Å². The zero-order valence-electron chi connectivity index (χ0n) is 58.5. The Bertz CT molecular complexity index is 3230. The van der Waals surface area contributed by atoms with Crippen molar-refractivity contribution < 1.29 is 82.8 Å². The fourth-order valence-electron chi connectivity index (χ4n) is 10.8. The fraction of sp³-hybridized carbons (Fsp3) is 0.635. The molecule has 37 nitrogen and oxygen atoms in total. The lowest BCUT2D eigenvalue weighted by molar-refractivity contribution is -0.144. The van der Waals surface area contributed by atoms with Gasteiger partial charge in [0.05, 0.1) is 19.8 Å². The average molecular weight is 1510 g/mol. The predicted molar refractivity (Wildman–Crippen MR) is 390 cm³/mol. The number of likely N-dealkylation sites (tertiary alicyclic amines) is 1. The number of carboxylic acids is 1. The van der Waals surface area contributed by atoms with Gasteiger partial charge in [-0.3, -0.25) is 67.5 Å². The van der Waals surface area contributed by atoms with Crippen LogP contribution in [0.25, 0.3) is 10.9 Å². The number of thioether (sulfide) groups is 2. The van der Waals surface area contributed by atoms with Gasteiger partial charge in [0.2, 0.25) is 70.9 Å². The summed E-state index contributed by atoms with van der Waals surface area (Å²) >= 11 is 6.94. The number of thiol groups is 1. The number of aliphatic carboxylic acids is 1. The summed E-state index contributed by atoms with van der Waals surface area (Å²) in [6.07, 6.45) is 5.77. The molecule has 1 fully saturated rings. The standard InChI is InChI=1S/C63H104N20O17S3/c1-33(2)49(59(97)80-46(31-86)61(99)100)82-57(95)47(32-101)81-58(96)48-18-12-24-83(48)60(98)42(20-26-103-5)77-51(89)38(15-8-9-21-64)73-50(88)39(16-10-22-69-62(65)66)75-56(94)45(30-85)79-54(92)43(27-35-28-71-37-14-7-6-13-36(35)37)78-52(90)40(17-11-23-70-63(67)68)74-53(91)41(19-25-102-4)76-55(93)44(29-84)72-34(3)87/h6-7,13-14,28,33,38-49,71,84-86,101H,8-12,15-27,29-32,64H2,1-5H3,(H,72,87)(H,73,88)(H,74,91)(H,75,94)(H,76,93)(H,77,89)(H,78,90)(H,79,92)(H,80,97)(H,81,96)(H,82,95)(H,99,100)(H4,65,66,69)(H4,67,68,70)/t38-,39-,40-,41-,42-,43-,44-,45-,46-,47-,48-,49-/m0/s1. The lowest BCUT2D eigenvalue weighted by atomic mass is 10.0. The molecule has 103 heavy (non-hydrogen) atoms. The van der Waals surface area contributed by atoms with E-state index in [0.29, 0.717) is 40.8 Å². The van der Waals surface area contributed by atoms with Gasteiger partial charge in [0.1, 0.15) is 72.5 Å². The predicted octanol–water partition coefficient (Wildman–Crippen LogP) is -6.56. The number of hydrogen-bond acceptors (Lipinski definition) is 22. The molecule has 1 aliphatic rings. The molecular weight excluding hydrogens is 1410 g/mol. The van der Waals surface area contributed by atoms with Crippen molar-refractivity contribution in [3.05, 3.63) is 36.0 Å². The van der Waals surface area contributed by atoms with Crippen molar-refractivity contribution >= 4 is 136 Å². The summed E-state index contributed by atoms with van der Waals surface area (Å²) < 4.78 is 0. The van der Waals surface area contributed by atoms with Gasteiger partial charge in [-0.2, -0.15) is 36.2 Å². The van der Waals surface area contributed by atoms with Crippen LogP contribution in [-0.4, -0.2) is 267 Å². The number of H-pyrrole nitrogens is 1. The number of aliphatic hydroxyl groups excluding tert-OH is 3. The third-order valence-electron chi connectivity index (χ3n) is 16.3. The van der Waals surface area contributed by atoms with Crippen LogP contribution in [0.15, 0.2) is 40.4 Å². The van der Waals surface area contributed by atoms with Crippen LogP contribution in [-0.2, 0) is 68.7 Å². The number of nitrogens with two attached hydrogens (primary N) is 5. The summed E-state index contributed by atoms with van der Waals surface area (Å²) in [5, 5.41) is 68.0. The van der Waals surface area contributed by atoms with E-state index in [1.165, 1.54) is 28.4 Å². The third kappa shape index (κ3) is 30.3. The van der Waals surface area contributed by atoms with Crippen molar-refractivity contribution in [1.82, 2.24) is 68.4 Å². The van der Waals surface area contributed by atoms with Gasteiger partial charge < -0.3 is 117 Å². The number of guanidine groups is 2. The van der Waals surface area contributed by atoms with Crippen LogP contribution in [0.5, 0.6) is 0 Å². The van der Waals surface area contributed by atoms with Gasteiger partial charge in [-0.15, -0.1) is 0 Å². The molecule has 576 valence electrons. The van der Waals surface area contributed by atoms with Crippen molar-refractivity contribution in [3.8, 4) is 0 Å². The van der Waals surface area contributed by atoms with Crippen molar-refractivity contribution in [2.24, 2.45) is 44.6 Å². The van der Waals surface area contributed by atoms with Crippen LogP contribution < -0.4 is 87.2 Å². The molecule has 1 aromatic carbocycles. The first-order valence-electron chi connectivity index (χ1n) is 33.6. The van der Waals surface area contributed by atoms with E-state index in [0.717, 1.165) is 6.92 Å². The lowest BCUT2D eigenvalue weighted by Crippen LogP contribution is -2.61. The Morgan fingerprint density at radius 2 is 1.00 bits per heavy atom. The molecule has 12 atom stereocenters. The zero-order valence-corrected chi connectivity index (χ0v) is 61.1. The number of rotatable bonds is 48. The van der Waals surface area contributed by atoms with E-state index in [9.17, 15) is 82.8 Å². The van der Waals surface area contributed by atoms with Gasteiger partial charge in [-0.05, 0) is 119 Å². The van der Waals surface area contributed by atoms with Gasteiger partial charge in [0.25, 0.3) is 0 Å². The van der Waals surface area contributed by atoms with Crippen molar-refractivity contribution in [2.75, 3.05) is 75.8 Å². The summed E-state index contributed by atoms with van der Waals surface area (Å²) in [5.41, 5.74) is 29.3. The second-order valence-electron chi connectivity index (χ2n) is 24.6. The summed E-state index contributed by atoms with van der Waals surface area (Å²) in [5.74, 6) is -12.7. The molecule has 1 aliphatic heterocycles. The Kier molecular flexibility index (Phi) is 40.2. The number of aliphatic imine (C=N–C) groups is 2. The third-order valence-corrected chi connectivity index (χ3v) is 18.0. The van der Waals surface area contributed by atoms with Gasteiger partial charge in [-0.1, -0.05) is 32.0 Å². The Labute approximate surface area is 610 Å². The minimum Gasteiger partial charge on any atom is -0.480 e. The number of aliphatic hydroxyl groups is 3. The number of nitrogens with one attached hydrogen (secondary N) is 12. The normalized spacial score (nSPS) is 15.8. The molecule has 0 aliphatic carbocycles. The number of benzene rings is 1. The van der Waals surface area contributed by atoms with E-state index < -0.39 is 175 Å². The number of carbonyl (C=O) groups is 13. The van der Waals surface area contributed by atoms with Gasteiger partial charge in [0.15, 0.2) is 11.9 Å². The van der Waals surface area contributed by atoms with E-state index >= 15 is 0 Å². The first kappa shape index (κ1) is 88.5. The first-order chi connectivity index (χ1) is 49.0. The zero-order chi connectivity index (χ0) is 76.9. The van der Waals surface area contributed by atoms with Gasteiger partial charge in [-0.25, -0.2) is 4.79 Å². The van der Waals surface area contributed by atoms with E-state index in [2.05, 4.69) is 86.1 Å². The Balaban J connectivity index is 1.98. The SMILES string of the molecule is CSCC[C@H](NC(=O)[C@H](CO)NC(C)=O)C(=O)N[C@@H](CCCN=C(N)N)C(=O)N[C@@H](Cc1c[nH]c2ccccc12)C(=O)N[C@@H](CO)C(=O)N[C@@H](CCCN=C(N)N)C(=O)N[C@@H](CCCCN)C(=O)N[C@@H](CCSC)C(=O)N1CCC[C@H]1C(=O)N[C@@H](CS)C(=O)N[C@H](C(=O)N[C@@H](CO)C(=O)O)C(C)C. The minimum atomic E-state index is -1.84. The minimum absolute atomic E-state index is 0.0120. The number of aromatic amines is 1. The highest BCUT2D eigenvalue weighted by Gasteiger charge is 2.41. The Morgan fingerprint density at radius 3 is 1.48 bits per heavy atom. The van der Waals surface area contributed by atoms with Crippen LogP contribution >= 0.6 is 36.2 Å². The number of nitrogens with zero attached hydrogens (tertiary/aromatic N) is 3. The highest BCUT2D eigenvalue weighted by molar-refractivity contribution is 7.98. The molecule has 0 saturated carbocycles. The molecule has 40 heteroatoms. The van der Waals surface area contributed by atoms with Crippen LogP contribution in [0.3, 0.4) is 0 Å². The summed E-state index contributed by atoms with van der Waals surface area (Å²) in [6.45, 7) is 1.65. The molecule has 1 saturated heterocycles. The summed E-state index contributed by atoms with van der Waals surface area (Å²) in [6, 6.07) is -10.3. The van der Waals surface area contributed by atoms with Crippen molar-refractivity contribution in [2.45, 2.75) is 170 Å². The molecule has 0 bridgehead atoms. The molecule has 0 unspecified atom stereocenters. The highest BCUT2D eigenvalue weighted by atomic mass is 32.2. The number of carbonyl (C=O) groups excluding carboxylic acids is 12. The van der Waals surface area contributed by atoms with Gasteiger partial charge >= 0.3 is 5.97 Å². The lowest BCUT2D eigenvalue weighted by Gasteiger charge is -2.31. The topological polar surface area (TPSA) is 609 Å². The van der Waals surface area contributed by atoms with Crippen molar-refractivity contribution in [1.29, 1.82) is 0 Å². The second kappa shape index (κ2) is 46.8. The van der Waals surface area contributed by atoms with E-state index in [1.54, 1.807) is 56.8 Å². The largest absolute Gasteiger partial charge is 0.480 e. The Morgan fingerprint density at radius 1 is 0.563 bits per heavy atom. The van der Waals surface area contributed by atoms with E-state index in [4.69, 9.17) is 28.7 Å². The molecule has 0 spiro atoms. The number of carboxylic acid groups (broad SMARTS) is 1. The second-order valence-corrected chi connectivity index (χ2v) is 26.9. The number of aromatic nitrogens is 1. The first-order valence-corrected chi connectivity index (χ1v) is 37.0. The number of unbranched alkanes of at least 4 members (excludes halogenated alkanes) is 1. The molecule has 3 rings (SSSR count). The fourth-order valence-corrected chi connectivity index (χ4v) is 12.0. The van der Waals surface area contributed by atoms with Crippen LogP contribution in [0, 0.1) is 5.92 Å². The molecule has 2 heterocycles. The summed E-state index contributed by atoms with van der Waals surface area (Å²) in [7, 11) is 0. The van der Waals surface area contributed by atoms with E-state index in [1.807, 2.05) is 0 Å².